The van der Waals surface area contributed by atoms with Crippen LogP contribution in [-0.4, -0.2) is 77.0 Å². The summed E-state index contributed by atoms with van der Waals surface area (Å²) in [6, 6.07) is 9.33. The number of fused-ring (bicyclic) bond motifs is 1. The molecule has 0 unspecified atom stereocenters. The molecule has 0 saturated heterocycles. The van der Waals surface area contributed by atoms with E-state index in [2.05, 4.69) is 35.8 Å². The Hall–Kier alpha value is -4.60. The molecule has 8 N–H and O–H groups in total. The van der Waals surface area contributed by atoms with Crippen LogP contribution >= 0.6 is 11.6 Å². The Morgan fingerprint density at radius 1 is 0.635 bits per heavy atom. The van der Waals surface area contributed by atoms with Gasteiger partial charge in [0, 0.05) is 33.5 Å². The SMILES string of the molecule is O=S(=O)(O)c1ccc(Nc2nc(Cl)nc(Nc3ccc4c(O)c(N=Nc5cc(S(=O)(=O)O)ccc5O)c(S(=O)(=O)O)cc4c3S(=O)(=O)O)n2)cc1.[Cu].[H+].[H+].[H+].[H+]. The van der Waals surface area contributed by atoms with Crippen LogP contribution in [0.3, 0.4) is 0 Å². The summed E-state index contributed by atoms with van der Waals surface area (Å²) in [6.45, 7) is 0. The minimum Gasteiger partial charge on any atom is -0.506 e. The van der Waals surface area contributed by atoms with Crippen molar-refractivity contribution in [1.82, 2.24) is 15.0 Å². The third kappa shape index (κ3) is 8.88. The number of hydrogen-bond donors (Lipinski definition) is 8. The van der Waals surface area contributed by atoms with Crippen molar-refractivity contribution < 1.29 is 84.9 Å². The van der Waals surface area contributed by atoms with E-state index in [4.69, 9.17) is 16.2 Å². The van der Waals surface area contributed by atoms with Crippen LogP contribution in [0.15, 0.2) is 90.5 Å². The molecule has 0 aliphatic heterocycles. The first-order valence-corrected chi connectivity index (χ1v) is 19.2. The van der Waals surface area contributed by atoms with E-state index in [1.54, 1.807) is 0 Å². The van der Waals surface area contributed by atoms with Crippen molar-refractivity contribution in [3.05, 3.63) is 65.9 Å². The summed E-state index contributed by atoms with van der Waals surface area (Å²) in [6.07, 6.45) is 0. The first-order valence-electron chi connectivity index (χ1n) is 13.1. The second-order valence-corrected chi connectivity index (χ2v) is 15.8. The predicted octanol–water partition coefficient (Wildman–Crippen LogP) is 4.43. The van der Waals surface area contributed by atoms with Crippen molar-refractivity contribution in [2.75, 3.05) is 10.6 Å². The number of rotatable bonds is 10. The van der Waals surface area contributed by atoms with Crippen LogP contribution < -0.4 is 10.6 Å². The number of benzene rings is 4. The molecule has 0 fully saturated rings. The van der Waals surface area contributed by atoms with Gasteiger partial charge in [0.1, 0.15) is 26.9 Å². The smallest absolute Gasteiger partial charge is 0.506 e. The van der Waals surface area contributed by atoms with E-state index in [0.717, 1.165) is 36.4 Å². The largest absolute Gasteiger partial charge is 1.00 e. The van der Waals surface area contributed by atoms with Gasteiger partial charge in [0.2, 0.25) is 17.2 Å². The normalized spacial score (nSPS) is 12.5. The molecule has 0 aliphatic rings. The first kappa shape index (κ1) is 40.2. The number of aromatic hydroxyl groups is 2. The molecule has 1 heterocycles. The maximum Gasteiger partial charge on any atom is 1.00 e. The Morgan fingerprint density at radius 2 is 1.21 bits per heavy atom. The van der Waals surface area contributed by atoms with Gasteiger partial charge < -0.3 is 20.8 Å². The minimum absolute atomic E-state index is 0. The average molecular weight is 872 g/mol. The van der Waals surface area contributed by atoms with E-state index in [9.17, 15) is 57.5 Å². The zero-order valence-corrected chi connectivity index (χ0v) is 29.7. The molecule has 0 atom stereocenters. The Morgan fingerprint density at radius 3 is 1.77 bits per heavy atom. The fourth-order valence-corrected chi connectivity index (χ4v) is 6.97. The van der Waals surface area contributed by atoms with Gasteiger partial charge in [-0.2, -0.15) is 48.6 Å². The van der Waals surface area contributed by atoms with Gasteiger partial charge in [-0.05, 0) is 72.3 Å². The molecule has 0 amide bonds. The summed E-state index contributed by atoms with van der Waals surface area (Å²) in [5, 5.41) is 31.6. The van der Waals surface area contributed by atoms with Crippen molar-refractivity contribution in [3.8, 4) is 11.5 Å². The van der Waals surface area contributed by atoms with Gasteiger partial charge in [-0.3, -0.25) is 18.2 Å². The molecule has 4 aromatic carbocycles. The van der Waals surface area contributed by atoms with E-state index >= 15 is 0 Å². The zero-order valence-electron chi connectivity index (χ0n) is 28.8. The molecule has 5 rings (SSSR count). The standard InChI is InChI=1S/C25H18ClN7O14S4.Cu/c26-23-29-24(27-11-1-3-12(4-2-11)48(36,37)38)31-25(30-23)28-16-7-6-14-15(22(16)51(45,46)47)10-19(50(42,43)44)20(21(14)35)33-32-17-9-13(49(39,40)41)5-8-18(17)34;/h1-10,34-35H,(H,36,37,38)(H,39,40,41)(H,42,43,44)(H,45,46,47)(H2,27,28,29,30,31);/p+4. The third-order valence-electron chi connectivity index (χ3n) is 6.49. The summed E-state index contributed by atoms with van der Waals surface area (Å²) in [5.74, 6) is -2.58. The number of halogens is 1. The fraction of sp³-hybridized carbons (Fsp3) is 0. The maximum absolute atomic E-state index is 12.7. The van der Waals surface area contributed by atoms with Crippen LogP contribution in [0.2, 0.25) is 5.28 Å². The van der Waals surface area contributed by atoms with Crippen molar-refractivity contribution in [3.63, 3.8) is 0 Å². The minimum atomic E-state index is -5.39. The molecule has 5 aromatic rings. The summed E-state index contributed by atoms with van der Waals surface area (Å²) >= 11 is 5.99. The number of nitrogens with one attached hydrogen (secondary N) is 2. The van der Waals surface area contributed by atoms with Gasteiger partial charge in [0.15, 0.2) is 5.75 Å². The zero-order chi connectivity index (χ0) is 37.7. The average Bonchev–Trinajstić information content (AvgIpc) is 2.99. The molecule has 0 spiro atoms. The monoisotopic (exact) mass is 870 g/mol. The number of anilines is 4. The second-order valence-electron chi connectivity index (χ2n) is 9.89. The van der Waals surface area contributed by atoms with Crippen molar-refractivity contribution in [1.29, 1.82) is 0 Å². The van der Waals surface area contributed by atoms with Crippen LogP contribution in [0, 0.1) is 0 Å². The van der Waals surface area contributed by atoms with Crippen LogP contribution in [0.25, 0.3) is 10.8 Å². The summed E-state index contributed by atoms with van der Waals surface area (Å²) in [4.78, 5) is 8.15. The Bertz CT molecular complexity index is 2760. The quantitative estimate of drug-likeness (QED) is 0.0546. The molecule has 1 radical (unpaired) electrons. The summed E-state index contributed by atoms with van der Waals surface area (Å²) in [5.41, 5.74) is -2.00. The number of phenolic OH excluding ortho intramolecular Hbond substituents is 2. The summed E-state index contributed by atoms with van der Waals surface area (Å²) < 4.78 is 134. The van der Waals surface area contributed by atoms with Crippen molar-refractivity contribution in [2.45, 2.75) is 19.6 Å². The van der Waals surface area contributed by atoms with Crippen molar-refractivity contribution >= 4 is 97.5 Å². The molecule has 1 aromatic heterocycles. The van der Waals surface area contributed by atoms with Gasteiger partial charge in [-0.1, -0.05) is 0 Å². The second kappa shape index (κ2) is 14.4. The van der Waals surface area contributed by atoms with E-state index < -0.39 is 111 Å². The number of phenols is 2. The van der Waals surface area contributed by atoms with Crippen LogP contribution in [0.1, 0.15) is 5.71 Å². The molecular formula is C25H22ClCuN7O14S4+4. The van der Waals surface area contributed by atoms with Gasteiger partial charge >= 0.3 is 5.71 Å². The molecule has 52 heavy (non-hydrogen) atoms. The van der Waals surface area contributed by atoms with Gasteiger partial charge in [0.05, 0.1) is 15.5 Å². The Balaban J connectivity index is 0.00000605. The van der Waals surface area contributed by atoms with Gasteiger partial charge in [0.25, 0.3) is 40.5 Å². The molecule has 27 heteroatoms. The topological polar surface area (TPSA) is 345 Å². The maximum atomic E-state index is 12.7. The predicted molar refractivity (Wildman–Crippen MR) is 179 cm³/mol. The van der Waals surface area contributed by atoms with Crippen molar-refractivity contribution in [2.24, 2.45) is 10.2 Å². The molecule has 0 bridgehead atoms. The molecule has 0 aliphatic carbocycles. The first-order chi connectivity index (χ1) is 23.5. The third-order valence-corrected chi connectivity index (χ3v) is 10.2. The fourth-order valence-electron chi connectivity index (χ4n) is 4.33. The van der Waals surface area contributed by atoms with Gasteiger partial charge in [-0.25, -0.2) is 0 Å². The molecule has 21 nitrogen and oxygen atoms in total. The Labute approximate surface area is 313 Å². The molecule has 279 valence electrons. The number of hydrogen-bond acceptors (Lipinski definition) is 17. The molecular weight excluding hydrogens is 850 g/mol. The van der Waals surface area contributed by atoms with Gasteiger partial charge in [-0.15, -0.1) is 10.2 Å². The van der Waals surface area contributed by atoms with Crippen LogP contribution in [0.5, 0.6) is 11.5 Å². The van der Waals surface area contributed by atoms with Crippen LogP contribution in [-0.2, 0) is 57.5 Å². The van der Waals surface area contributed by atoms with Crippen LogP contribution in [0.4, 0.5) is 34.6 Å². The number of nitrogens with zero attached hydrogens (tertiary/aromatic N) is 5. The van der Waals surface area contributed by atoms with E-state index in [-0.39, 0.29) is 34.4 Å². The number of azo groups is 1. The van der Waals surface area contributed by atoms with E-state index in [1.807, 2.05) is 0 Å². The molecule has 0 saturated carbocycles. The van der Waals surface area contributed by atoms with E-state index in [1.165, 1.54) is 12.1 Å². The summed E-state index contributed by atoms with van der Waals surface area (Å²) in [7, 11) is -20.0. The van der Waals surface area contributed by atoms with E-state index in [0.29, 0.717) is 12.1 Å². The number of aromatic nitrogens is 3. The Kier molecular flexibility index (Phi) is 11.2.